The summed E-state index contributed by atoms with van der Waals surface area (Å²) < 4.78 is 24.8. The molecule has 5 aromatic rings. The van der Waals surface area contributed by atoms with E-state index in [4.69, 9.17) is 28.7 Å². The van der Waals surface area contributed by atoms with Gasteiger partial charge in [-0.2, -0.15) is 9.78 Å². The second-order valence-corrected chi connectivity index (χ2v) is 9.92. The maximum Gasteiger partial charge on any atom is 0.341 e. The fourth-order valence-electron chi connectivity index (χ4n) is 4.06. The molecule has 3 aromatic carbocycles. The first kappa shape index (κ1) is 27.4. The van der Waals surface area contributed by atoms with Crippen LogP contribution in [0, 0.1) is 0 Å². The van der Waals surface area contributed by atoms with Crippen molar-refractivity contribution in [2.45, 2.75) is 6.92 Å². The molecule has 2 aromatic heterocycles. The summed E-state index contributed by atoms with van der Waals surface area (Å²) in [6.07, 6.45) is 1.46. The summed E-state index contributed by atoms with van der Waals surface area (Å²) in [6, 6.07) is 15.8. The molecule has 2 heterocycles. The zero-order valence-electron chi connectivity index (χ0n) is 21.2. The van der Waals surface area contributed by atoms with Gasteiger partial charge in [0.25, 0.3) is 5.56 Å². The summed E-state index contributed by atoms with van der Waals surface area (Å²) in [6.45, 7) is 1.55. The number of methoxy groups -OCH3 is 1. The van der Waals surface area contributed by atoms with E-state index in [1.54, 1.807) is 56.5 Å². The molecular weight excluding hydrogens is 650 g/mol. The summed E-state index contributed by atoms with van der Waals surface area (Å²) in [5.41, 5.74) is 1.18. The summed E-state index contributed by atoms with van der Waals surface area (Å²) in [7, 11) is 1.57. The third kappa shape index (κ3) is 5.19. The van der Waals surface area contributed by atoms with Gasteiger partial charge in [0.1, 0.15) is 11.3 Å². The number of hydrogen-bond acceptors (Lipinski definition) is 8. The van der Waals surface area contributed by atoms with Crippen LogP contribution in [0.2, 0.25) is 0 Å². The third-order valence-corrected chi connectivity index (χ3v) is 7.97. The summed E-state index contributed by atoms with van der Waals surface area (Å²) in [5, 5.41) is 14.7. The highest BCUT2D eigenvalue weighted by atomic mass is 79.9. The van der Waals surface area contributed by atoms with Gasteiger partial charge in [0, 0.05) is 10.0 Å². The maximum atomic E-state index is 13.6. The number of aliphatic carboxylic acids is 1. The van der Waals surface area contributed by atoms with Gasteiger partial charge in [0.15, 0.2) is 23.9 Å². The predicted octanol–water partition coefficient (Wildman–Crippen LogP) is 6.09. The van der Waals surface area contributed by atoms with Crippen LogP contribution < -0.4 is 19.8 Å². The minimum absolute atomic E-state index is 0.194. The lowest BCUT2D eigenvalue weighted by Gasteiger charge is -2.15. The molecule has 10 nitrogen and oxygen atoms in total. The van der Waals surface area contributed by atoms with Gasteiger partial charge in [-0.3, -0.25) is 4.79 Å². The van der Waals surface area contributed by atoms with Crippen LogP contribution in [0.1, 0.15) is 12.5 Å². The summed E-state index contributed by atoms with van der Waals surface area (Å²) in [5.74, 6) is 0.527. The molecular formula is C28H21Br2N3O7. The fraction of sp³-hybridized carbons (Fsp3) is 0.143. The fourth-order valence-corrected chi connectivity index (χ4v) is 5.00. The van der Waals surface area contributed by atoms with Crippen LogP contribution in [0.5, 0.6) is 17.2 Å². The Balaban J connectivity index is 1.68. The molecule has 1 N–H and O–H groups in total. The van der Waals surface area contributed by atoms with Gasteiger partial charge >= 0.3 is 5.97 Å². The van der Waals surface area contributed by atoms with E-state index in [1.165, 1.54) is 10.9 Å². The molecule has 0 aliphatic rings. The number of aromatic nitrogens is 2. The molecule has 0 aliphatic carbocycles. The minimum Gasteiger partial charge on any atom is -0.496 e. The lowest BCUT2D eigenvalue weighted by molar-refractivity contribution is -0.139. The van der Waals surface area contributed by atoms with Crippen molar-refractivity contribution in [2.24, 2.45) is 5.10 Å². The number of carbonyl (C=O) groups is 1. The van der Waals surface area contributed by atoms with Crippen molar-refractivity contribution in [3.63, 3.8) is 0 Å². The first-order valence-corrected chi connectivity index (χ1v) is 13.5. The molecule has 0 unspecified atom stereocenters. The SMILES string of the molecule is CCOc1cc(C=Nn2c(-c3cc4c(OC)cccc4o3)nc3ccccc3c2=O)c(Br)c(Br)c1OCC(=O)O. The number of ether oxygens (including phenoxy) is 3. The Morgan fingerprint density at radius 2 is 1.88 bits per heavy atom. The van der Waals surface area contributed by atoms with E-state index in [0.717, 1.165) is 5.39 Å². The Kier molecular flexibility index (Phi) is 7.90. The van der Waals surface area contributed by atoms with Crippen molar-refractivity contribution in [3.05, 3.63) is 79.5 Å². The molecule has 0 spiro atoms. The van der Waals surface area contributed by atoms with Gasteiger partial charge in [0.05, 0.1) is 40.7 Å². The maximum absolute atomic E-state index is 13.6. The highest BCUT2D eigenvalue weighted by molar-refractivity contribution is 9.13. The molecule has 0 amide bonds. The molecule has 0 atom stereocenters. The van der Waals surface area contributed by atoms with Crippen LogP contribution in [-0.4, -0.2) is 47.3 Å². The average molecular weight is 671 g/mol. The monoisotopic (exact) mass is 669 g/mol. The number of halogens is 2. The van der Waals surface area contributed by atoms with Crippen LogP contribution in [0.4, 0.5) is 0 Å². The van der Waals surface area contributed by atoms with Crippen LogP contribution in [0.15, 0.2) is 77.9 Å². The van der Waals surface area contributed by atoms with E-state index < -0.39 is 18.1 Å². The van der Waals surface area contributed by atoms with Crippen molar-refractivity contribution in [1.82, 2.24) is 9.66 Å². The first-order valence-electron chi connectivity index (χ1n) is 11.9. The minimum atomic E-state index is -1.13. The molecule has 0 bridgehead atoms. The van der Waals surface area contributed by atoms with Gasteiger partial charge in [0.2, 0.25) is 5.82 Å². The smallest absolute Gasteiger partial charge is 0.341 e. The Labute approximate surface area is 244 Å². The number of carboxylic acids is 1. The van der Waals surface area contributed by atoms with E-state index in [-0.39, 0.29) is 11.6 Å². The quantitative estimate of drug-likeness (QED) is 0.187. The van der Waals surface area contributed by atoms with Gasteiger partial charge in [-0.1, -0.05) is 18.2 Å². The number of carboxylic acid groups (broad SMARTS) is 1. The molecule has 40 heavy (non-hydrogen) atoms. The third-order valence-electron chi connectivity index (χ3n) is 5.82. The molecule has 5 rings (SSSR count). The van der Waals surface area contributed by atoms with Crippen molar-refractivity contribution >= 4 is 65.9 Å². The van der Waals surface area contributed by atoms with Gasteiger partial charge < -0.3 is 23.7 Å². The lowest BCUT2D eigenvalue weighted by atomic mass is 10.2. The zero-order chi connectivity index (χ0) is 28.4. The van der Waals surface area contributed by atoms with Gasteiger partial charge in [-0.15, -0.1) is 0 Å². The number of furan rings is 1. The van der Waals surface area contributed by atoms with E-state index in [0.29, 0.717) is 54.9 Å². The number of hydrogen-bond donors (Lipinski definition) is 1. The normalized spacial score (nSPS) is 11.4. The molecule has 0 saturated carbocycles. The number of nitrogens with zero attached hydrogens (tertiary/aromatic N) is 3. The molecule has 0 fully saturated rings. The second kappa shape index (κ2) is 11.5. The summed E-state index contributed by atoms with van der Waals surface area (Å²) in [4.78, 5) is 29.4. The van der Waals surface area contributed by atoms with E-state index >= 15 is 0 Å². The summed E-state index contributed by atoms with van der Waals surface area (Å²) >= 11 is 6.95. The van der Waals surface area contributed by atoms with Crippen molar-refractivity contribution in [3.8, 4) is 28.8 Å². The first-order chi connectivity index (χ1) is 19.3. The number of rotatable bonds is 9. The Hall–Kier alpha value is -4.16. The molecule has 12 heteroatoms. The van der Waals surface area contributed by atoms with Crippen LogP contribution >= 0.6 is 31.9 Å². The molecule has 0 saturated heterocycles. The van der Waals surface area contributed by atoms with Gasteiger partial charge in [-0.05, 0) is 75.2 Å². The van der Waals surface area contributed by atoms with Crippen LogP contribution in [-0.2, 0) is 4.79 Å². The van der Waals surface area contributed by atoms with Gasteiger partial charge in [-0.25, -0.2) is 9.78 Å². The van der Waals surface area contributed by atoms with E-state index in [2.05, 4.69) is 37.0 Å². The largest absolute Gasteiger partial charge is 0.496 e. The Morgan fingerprint density at radius 1 is 1.07 bits per heavy atom. The molecule has 0 radical (unpaired) electrons. The molecule has 204 valence electrons. The Morgan fingerprint density at radius 3 is 2.62 bits per heavy atom. The Bertz CT molecular complexity index is 1850. The van der Waals surface area contributed by atoms with Crippen molar-refractivity contribution in [1.29, 1.82) is 0 Å². The highest BCUT2D eigenvalue weighted by Gasteiger charge is 2.20. The highest BCUT2D eigenvalue weighted by Crippen LogP contribution is 2.42. The number of para-hydroxylation sites is 1. The van der Waals surface area contributed by atoms with Crippen LogP contribution in [0.3, 0.4) is 0 Å². The topological polar surface area (TPSA) is 125 Å². The molecule has 0 aliphatic heterocycles. The number of fused-ring (bicyclic) bond motifs is 2. The van der Waals surface area contributed by atoms with E-state index in [1.807, 2.05) is 12.1 Å². The van der Waals surface area contributed by atoms with Crippen molar-refractivity contribution in [2.75, 3.05) is 20.3 Å². The van der Waals surface area contributed by atoms with Crippen LogP contribution in [0.25, 0.3) is 33.5 Å². The number of benzene rings is 3. The zero-order valence-corrected chi connectivity index (χ0v) is 24.4. The predicted molar refractivity (Wildman–Crippen MR) is 157 cm³/mol. The lowest BCUT2D eigenvalue weighted by Crippen LogP contribution is -2.20. The van der Waals surface area contributed by atoms with Crippen molar-refractivity contribution < 1.29 is 28.5 Å². The van der Waals surface area contributed by atoms with E-state index in [9.17, 15) is 9.59 Å². The average Bonchev–Trinajstić information content (AvgIpc) is 3.39. The second-order valence-electron chi connectivity index (χ2n) is 8.33. The standard InChI is InChI=1S/C28H21Br2N3O7/c1-3-38-21-11-15(24(29)25(30)26(21)39-14-23(34)35)13-31-33-27(32-18-8-5-4-7-16(18)28(33)36)22-12-17-19(37-2)9-6-10-20(17)40-22/h4-13H,3,14H2,1-2H3,(H,34,35).